The van der Waals surface area contributed by atoms with Crippen molar-refractivity contribution in [3.05, 3.63) is 59.2 Å². The van der Waals surface area contributed by atoms with Gasteiger partial charge in [-0.1, -0.05) is 24.3 Å². The molecule has 2 amide bonds. The van der Waals surface area contributed by atoms with E-state index < -0.39 is 6.10 Å². The summed E-state index contributed by atoms with van der Waals surface area (Å²) < 4.78 is 5.60. The molecular weight excluding hydrogens is 304 g/mol. The first-order valence-electron chi connectivity index (χ1n) is 7.88. The van der Waals surface area contributed by atoms with E-state index >= 15 is 0 Å². The minimum atomic E-state index is -0.478. The fourth-order valence-corrected chi connectivity index (χ4v) is 2.77. The summed E-state index contributed by atoms with van der Waals surface area (Å²) in [4.78, 5) is 25.9. The molecule has 2 aromatic rings. The zero-order valence-electron chi connectivity index (χ0n) is 14.0. The summed E-state index contributed by atoms with van der Waals surface area (Å²) in [6.45, 7) is 4.03. The van der Waals surface area contributed by atoms with E-state index in [1.807, 2.05) is 43.3 Å². The lowest BCUT2D eigenvalue weighted by Gasteiger charge is -2.30. The molecule has 0 saturated heterocycles. The van der Waals surface area contributed by atoms with Crippen LogP contribution in [0.2, 0.25) is 0 Å². The first-order chi connectivity index (χ1) is 11.5. The van der Waals surface area contributed by atoms with Crippen molar-refractivity contribution in [3.63, 3.8) is 0 Å². The van der Waals surface area contributed by atoms with Crippen LogP contribution >= 0.6 is 0 Å². The van der Waals surface area contributed by atoms with Gasteiger partial charge in [0.25, 0.3) is 11.8 Å². The van der Waals surface area contributed by atoms with Crippen molar-refractivity contribution >= 4 is 17.5 Å². The van der Waals surface area contributed by atoms with Crippen LogP contribution in [0.15, 0.2) is 42.5 Å². The van der Waals surface area contributed by atoms with Crippen molar-refractivity contribution < 1.29 is 14.3 Å². The third-order valence-corrected chi connectivity index (χ3v) is 4.21. The second kappa shape index (κ2) is 6.35. The van der Waals surface area contributed by atoms with Gasteiger partial charge in [-0.3, -0.25) is 9.59 Å². The largest absolute Gasteiger partial charge is 0.479 e. The van der Waals surface area contributed by atoms with Gasteiger partial charge in [0, 0.05) is 19.2 Å². The first-order valence-corrected chi connectivity index (χ1v) is 7.88. The number of aryl methyl sites for hydroxylation is 1. The second-order valence-corrected chi connectivity index (χ2v) is 5.96. The number of rotatable bonds is 3. The highest BCUT2D eigenvalue weighted by molar-refractivity contribution is 5.99. The molecule has 5 nitrogen and oxygen atoms in total. The van der Waals surface area contributed by atoms with E-state index in [2.05, 4.69) is 5.32 Å². The molecule has 0 bridgehead atoms. The highest BCUT2D eigenvalue weighted by atomic mass is 16.5. The Kier molecular flexibility index (Phi) is 4.25. The SMILES string of the molecule is Cc1ccccc1C(=O)NCc1ccc2c(c1)N(C)C(=O)C(C)O2. The molecule has 1 atom stereocenters. The first kappa shape index (κ1) is 16.1. The molecule has 1 heterocycles. The minimum absolute atomic E-state index is 0.0800. The van der Waals surface area contributed by atoms with Gasteiger partial charge >= 0.3 is 0 Å². The molecule has 24 heavy (non-hydrogen) atoms. The lowest BCUT2D eigenvalue weighted by atomic mass is 10.1. The van der Waals surface area contributed by atoms with Gasteiger partial charge in [0.1, 0.15) is 5.75 Å². The topological polar surface area (TPSA) is 58.6 Å². The summed E-state index contributed by atoms with van der Waals surface area (Å²) in [6, 6.07) is 13.1. The summed E-state index contributed by atoms with van der Waals surface area (Å²) in [5.41, 5.74) is 3.24. The number of hydrogen-bond donors (Lipinski definition) is 1. The van der Waals surface area contributed by atoms with Crippen LogP contribution < -0.4 is 15.0 Å². The van der Waals surface area contributed by atoms with Gasteiger partial charge in [0.15, 0.2) is 6.10 Å². The van der Waals surface area contributed by atoms with E-state index in [4.69, 9.17) is 4.74 Å². The summed E-state index contributed by atoms with van der Waals surface area (Å²) >= 11 is 0. The average Bonchev–Trinajstić information content (AvgIpc) is 2.58. The van der Waals surface area contributed by atoms with Crippen LogP contribution in [0.3, 0.4) is 0 Å². The Morgan fingerprint density at radius 3 is 2.75 bits per heavy atom. The summed E-state index contributed by atoms with van der Waals surface area (Å²) in [5.74, 6) is 0.488. The van der Waals surface area contributed by atoms with Crippen molar-refractivity contribution in [2.75, 3.05) is 11.9 Å². The van der Waals surface area contributed by atoms with E-state index in [-0.39, 0.29) is 11.8 Å². The third-order valence-electron chi connectivity index (χ3n) is 4.21. The van der Waals surface area contributed by atoms with Crippen LogP contribution in [0.25, 0.3) is 0 Å². The fraction of sp³-hybridized carbons (Fsp3) is 0.263. The molecule has 124 valence electrons. The number of fused-ring (bicyclic) bond motifs is 1. The highest BCUT2D eigenvalue weighted by Crippen LogP contribution is 2.33. The van der Waals surface area contributed by atoms with Crippen molar-refractivity contribution in [1.29, 1.82) is 0 Å². The zero-order valence-corrected chi connectivity index (χ0v) is 14.0. The molecule has 0 aliphatic carbocycles. The normalized spacial score (nSPS) is 16.4. The van der Waals surface area contributed by atoms with E-state index in [9.17, 15) is 9.59 Å². The predicted octanol–water partition coefficient (Wildman–Crippen LogP) is 2.67. The Balaban J connectivity index is 1.74. The Hall–Kier alpha value is -2.82. The maximum atomic E-state index is 12.3. The summed E-state index contributed by atoms with van der Waals surface area (Å²) in [7, 11) is 1.73. The second-order valence-electron chi connectivity index (χ2n) is 5.96. The van der Waals surface area contributed by atoms with E-state index in [1.54, 1.807) is 24.9 Å². The van der Waals surface area contributed by atoms with Crippen molar-refractivity contribution in [2.45, 2.75) is 26.5 Å². The number of nitrogens with zero attached hydrogens (tertiary/aromatic N) is 1. The predicted molar refractivity (Wildman–Crippen MR) is 92.3 cm³/mol. The Morgan fingerprint density at radius 2 is 2.00 bits per heavy atom. The molecule has 2 aromatic carbocycles. The number of carbonyl (C=O) groups excluding carboxylic acids is 2. The van der Waals surface area contributed by atoms with Gasteiger partial charge in [-0.25, -0.2) is 0 Å². The lowest BCUT2D eigenvalue weighted by molar-refractivity contribution is -0.125. The molecule has 0 fully saturated rings. The van der Waals surface area contributed by atoms with Gasteiger partial charge < -0.3 is 15.0 Å². The van der Waals surface area contributed by atoms with E-state index in [0.29, 0.717) is 17.9 Å². The molecule has 1 aliphatic rings. The minimum Gasteiger partial charge on any atom is -0.479 e. The molecular formula is C19H20N2O3. The molecule has 1 aliphatic heterocycles. The van der Waals surface area contributed by atoms with Gasteiger partial charge in [0.05, 0.1) is 5.69 Å². The monoisotopic (exact) mass is 324 g/mol. The number of hydrogen-bond acceptors (Lipinski definition) is 3. The zero-order chi connectivity index (χ0) is 17.3. The maximum absolute atomic E-state index is 12.3. The van der Waals surface area contributed by atoms with Crippen LogP contribution in [0.4, 0.5) is 5.69 Å². The molecule has 0 saturated carbocycles. The lowest BCUT2D eigenvalue weighted by Crippen LogP contribution is -2.42. The number of anilines is 1. The van der Waals surface area contributed by atoms with Crippen LogP contribution in [-0.4, -0.2) is 25.0 Å². The number of likely N-dealkylation sites (N-methyl/N-ethyl adjacent to an activating group) is 1. The Labute approximate surface area is 141 Å². The number of benzene rings is 2. The van der Waals surface area contributed by atoms with Crippen molar-refractivity contribution in [1.82, 2.24) is 5.32 Å². The van der Waals surface area contributed by atoms with Crippen LogP contribution in [0.1, 0.15) is 28.4 Å². The third kappa shape index (κ3) is 2.97. The molecule has 0 spiro atoms. The van der Waals surface area contributed by atoms with Gasteiger partial charge in [0.2, 0.25) is 0 Å². The Bertz CT molecular complexity index is 801. The van der Waals surface area contributed by atoms with Gasteiger partial charge in [-0.2, -0.15) is 0 Å². The quantitative estimate of drug-likeness (QED) is 0.944. The number of nitrogens with one attached hydrogen (secondary N) is 1. The van der Waals surface area contributed by atoms with E-state index in [0.717, 1.165) is 16.8 Å². The highest BCUT2D eigenvalue weighted by Gasteiger charge is 2.28. The number of ether oxygens (including phenoxy) is 1. The van der Waals surface area contributed by atoms with Crippen LogP contribution in [-0.2, 0) is 11.3 Å². The number of amides is 2. The number of carbonyl (C=O) groups is 2. The smallest absolute Gasteiger partial charge is 0.267 e. The molecule has 0 aromatic heterocycles. The van der Waals surface area contributed by atoms with Crippen molar-refractivity contribution in [2.24, 2.45) is 0 Å². The van der Waals surface area contributed by atoms with Gasteiger partial charge in [-0.15, -0.1) is 0 Å². The van der Waals surface area contributed by atoms with E-state index in [1.165, 1.54) is 0 Å². The van der Waals surface area contributed by atoms with Gasteiger partial charge in [-0.05, 0) is 43.2 Å². The molecule has 5 heteroatoms. The molecule has 1 unspecified atom stereocenters. The average molecular weight is 324 g/mol. The molecule has 0 radical (unpaired) electrons. The molecule has 1 N–H and O–H groups in total. The Morgan fingerprint density at radius 1 is 1.25 bits per heavy atom. The fourth-order valence-electron chi connectivity index (χ4n) is 2.77. The van der Waals surface area contributed by atoms with Crippen LogP contribution in [0, 0.1) is 6.92 Å². The maximum Gasteiger partial charge on any atom is 0.267 e. The molecule has 3 rings (SSSR count). The van der Waals surface area contributed by atoms with Crippen molar-refractivity contribution in [3.8, 4) is 5.75 Å². The summed E-state index contributed by atoms with van der Waals surface area (Å²) in [6.07, 6.45) is -0.478. The summed E-state index contributed by atoms with van der Waals surface area (Å²) in [5, 5.41) is 2.91. The standard InChI is InChI=1S/C19H20N2O3/c1-12-6-4-5-7-15(12)18(22)20-11-14-8-9-17-16(10-14)21(3)19(23)13(2)24-17/h4-10,13H,11H2,1-3H3,(H,20,22). The van der Waals surface area contributed by atoms with Crippen LogP contribution in [0.5, 0.6) is 5.75 Å².